The molecule has 0 aromatic heterocycles. The molecule has 3 nitrogen and oxygen atoms in total. The van der Waals surface area contributed by atoms with E-state index in [1.807, 2.05) is 36.4 Å². The van der Waals surface area contributed by atoms with Gasteiger partial charge in [0.2, 0.25) is 0 Å². The first-order chi connectivity index (χ1) is 10.3. The number of hydrogen-bond donors (Lipinski definition) is 1. The van der Waals surface area contributed by atoms with Gasteiger partial charge in [0.15, 0.2) is 0 Å². The predicted molar refractivity (Wildman–Crippen MR) is 82.4 cm³/mol. The van der Waals surface area contributed by atoms with Crippen LogP contribution in [0.25, 0.3) is 0 Å². The summed E-state index contributed by atoms with van der Waals surface area (Å²) in [7, 11) is 1.61. The average Bonchev–Trinajstić information content (AvgIpc) is 3.38. The fourth-order valence-electron chi connectivity index (χ4n) is 2.55. The lowest BCUT2D eigenvalue weighted by Crippen LogP contribution is -2.29. The molecular weight excluding hydrogens is 262 g/mol. The van der Waals surface area contributed by atoms with Crippen LogP contribution in [0.2, 0.25) is 0 Å². The molecular formula is C18H19NO2. The van der Waals surface area contributed by atoms with Crippen molar-refractivity contribution in [1.82, 2.24) is 5.32 Å². The maximum Gasteiger partial charge on any atom is 0.251 e. The first kappa shape index (κ1) is 13.7. The number of benzene rings is 2. The summed E-state index contributed by atoms with van der Waals surface area (Å²) in [4.78, 5) is 12.5. The number of carbonyl (C=O) groups excluding carboxylic acids is 1. The molecule has 0 saturated heterocycles. The summed E-state index contributed by atoms with van der Waals surface area (Å²) in [5.41, 5.74) is 1.81. The Balaban J connectivity index is 1.78. The Morgan fingerprint density at radius 2 is 1.90 bits per heavy atom. The second-order valence-corrected chi connectivity index (χ2v) is 5.43. The van der Waals surface area contributed by atoms with Gasteiger partial charge in [0.1, 0.15) is 5.75 Å². The van der Waals surface area contributed by atoms with E-state index >= 15 is 0 Å². The first-order valence-electron chi connectivity index (χ1n) is 7.28. The normalized spacial score (nSPS) is 15.3. The molecule has 1 aliphatic carbocycles. The van der Waals surface area contributed by atoms with Crippen LogP contribution < -0.4 is 10.1 Å². The third kappa shape index (κ3) is 3.24. The highest BCUT2D eigenvalue weighted by molar-refractivity contribution is 5.94. The fourth-order valence-corrected chi connectivity index (χ4v) is 2.55. The maximum atomic E-state index is 12.5. The molecule has 1 amide bonds. The van der Waals surface area contributed by atoms with Gasteiger partial charge in [0, 0.05) is 5.56 Å². The molecule has 0 heterocycles. The molecule has 1 aliphatic rings. The predicted octanol–water partition coefficient (Wildman–Crippen LogP) is 3.58. The smallest absolute Gasteiger partial charge is 0.251 e. The summed E-state index contributed by atoms with van der Waals surface area (Å²) in [6.07, 6.45) is 2.36. The standard InChI is InChI=1S/C18H19NO2/c1-21-16-9-5-8-15(12-16)18(20)19-17(14-10-11-14)13-6-3-2-4-7-13/h2-9,12,14,17H,10-11H2,1H3,(H,19,20)/t17-/m0/s1. The van der Waals surface area contributed by atoms with E-state index in [2.05, 4.69) is 17.4 Å². The van der Waals surface area contributed by atoms with Crippen LogP contribution in [0.1, 0.15) is 34.8 Å². The maximum absolute atomic E-state index is 12.5. The number of carbonyl (C=O) groups is 1. The molecule has 2 aromatic rings. The molecule has 21 heavy (non-hydrogen) atoms. The second-order valence-electron chi connectivity index (χ2n) is 5.43. The van der Waals surface area contributed by atoms with Crippen molar-refractivity contribution in [1.29, 1.82) is 0 Å². The molecule has 0 aliphatic heterocycles. The monoisotopic (exact) mass is 281 g/mol. The van der Waals surface area contributed by atoms with E-state index in [1.165, 1.54) is 18.4 Å². The molecule has 1 N–H and O–H groups in total. The highest BCUT2D eigenvalue weighted by Crippen LogP contribution is 2.41. The number of amides is 1. The topological polar surface area (TPSA) is 38.3 Å². The van der Waals surface area contributed by atoms with E-state index in [-0.39, 0.29) is 11.9 Å². The SMILES string of the molecule is COc1cccc(C(=O)N[C@@H](c2ccccc2)C2CC2)c1. The highest BCUT2D eigenvalue weighted by Gasteiger charge is 2.33. The van der Waals surface area contributed by atoms with Crippen molar-refractivity contribution in [3.05, 3.63) is 65.7 Å². The van der Waals surface area contributed by atoms with E-state index in [0.29, 0.717) is 17.2 Å². The van der Waals surface area contributed by atoms with Crippen molar-refractivity contribution < 1.29 is 9.53 Å². The van der Waals surface area contributed by atoms with Gasteiger partial charge < -0.3 is 10.1 Å². The molecule has 1 saturated carbocycles. The summed E-state index contributed by atoms with van der Waals surface area (Å²) in [5.74, 6) is 1.21. The second kappa shape index (κ2) is 6.00. The Morgan fingerprint density at radius 1 is 1.14 bits per heavy atom. The average molecular weight is 281 g/mol. The Bertz CT molecular complexity index is 620. The Labute approximate surface area is 124 Å². The van der Waals surface area contributed by atoms with Crippen LogP contribution in [-0.2, 0) is 0 Å². The number of methoxy groups -OCH3 is 1. The molecule has 0 spiro atoms. The molecule has 0 radical (unpaired) electrons. The van der Waals surface area contributed by atoms with Crippen LogP contribution in [0.3, 0.4) is 0 Å². The van der Waals surface area contributed by atoms with Gasteiger partial charge in [-0.1, -0.05) is 36.4 Å². The summed E-state index contributed by atoms with van der Waals surface area (Å²) in [5, 5.41) is 3.17. The first-order valence-corrected chi connectivity index (χ1v) is 7.28. The van der Waals surface area contributed by atoms with Crippen molar-refractivity contribution in [3.63, 3.8) is 0 Å². The van der Waals surface area contributed by atoms with E-state index < -0.39 is 0 Å². The Hall–Kier alpha value is -2.29. The van der Waals surface area contributed by atoms with Crippen LogP contribution in [0.5, 0.6) is 5.75 Å². The summed E-state index contributed by atoms with van der Waals surface area (Å²) in [6, 6.07) is 17.5. The Kier molecular flexibility index (Phi) is 3.91. The third-order valence-corrected chi connectivity index (χ3v) is 3.87. The van der Waals surface area contributed by atoms with Crippen LogP contribution in [0, 0.1) is 5.92 Å². The van der Waals surface area contributed by atoms with Gasteiger partial charge in [-0.05, 0) is 42.5 Å². The van der Waals surface area contributed by atoms with E-state index in [0.717, 1.165) is 0 Å². The van der Waals surface area contributed by atoms with Crippen LogP contribution in [0.15, 0.2) is 54.6 Å². The van der Waals surface area contributed by atoms with E-state index in [4.69, 9.17) is 4.74 Å². The number of nitrogens with one attached hydrogen (secondary N) is 1. The van der Waals surface area contributed by atoms with Crippen LogP contribution in [-0.4, -0.2) is 13.0 Å². The summed E-state index contributed by atoms with van der Waals surface area (Å²) >= 11 is 0. The fraction of sp³-hybridized carbons (Fsp3) is 0.278. The van der Waals surface area contributed by atoms with Gasteiger partial charge in [-0.15, -0.1) is 0 Å². The van der Waals surface area contributed by atoms with E-state index in [1.54, 1.807) is 13.2 Å². The molecule has 2 aromatic carbocycles. The van der Waals surface area contributed by atoms with Gasteiger partial charge in [-0.3, -0.25) is 4.79 Å². The van der Waals surface area contributed by atoms with Crippen molar-refractivity contribution in [3.8, 4) is 5.75 Å². The molecule has 1 atom stereocenters. The number of rotatable bonds is 5. The van der Waals surface area contributed by atoms with Crippen molar-refractivity contribution >= 4 is 5.91 Å². The highest BCUT2D eigenvalue weighted by atomic mass is 16.5. The molecule has 0 unspecified atom stereocenters. The van der Waals surface area contributed by atoms with Crippen molar-refractivity contribution in [2.24, 2.45) is 5.92 Å². The number of hydrogen-bond acceptors (Lipinski definition) is 2. The minimum atomic E-state index is -0.0466. The number of ether oxygens (including phenoxy) is 1. The lowest BCUT2D eigenvalue weighted by atomic mass is 10.0. The molecule has 108 valence electrons. The van der Waals surface area contributed by atoms with Crippen LogP contribution in [0.4, 0.5) is 0 Å². The molecule has 3 rings (SSSR count). The minimum absolute atomic E-state index is 0.0466. The van der Waals surface area contributed by atoms with E-state index in [9.17, 15) is 4.79 Å². The van der Waals surface area contributed by atoms with Gasteiger partial charge in [0.05, 0.1) is 13.2 Å². The minimum Gasteiger partial charge on any atom is -0.497 e. The zero-order valence-electron chi connectivity index (χ0n) is 12.1. The zero-order valence-corrected chi connectivity index (χ0v) is 12.1. The van der Waals surface area contributed by atoms with Crippen molar-refractivity contribution in [2.45, 2.75) is 18.9 Å². The largest absolute Gasteiger partial charge is 0.497 e. The summed E-state index contributed by atoms with van der Waals surface area (Å²) in [6.45, 7) is 0. The molecule has 3 heteroatoms. The van der Waals surface area contributed by atoms with Gasteiger partial charge in [-0.25, -0.2) is 0 Å². The zero-order chi connectivity index (χ0) is 14.7. The van der Waals surface area contributed by atoms with Gasteiger partial charge in [-0.2, -0.15) is 0 Å². The lowest BCUT2D eigenvalue weighted by molar-refractivity contribution is 0.0931. The lowest BCUT2D eigenvalue weighted by Gasteiger charge is -2.19. The van der Waals surface area contributed by atoms with Gasteiger partial charge in [0.25, 0.3) is 5.91 Å². The van der Waals surface area contributed by atoms with Crippen LogP contribution >= 0.6 is 0 Å². The third-order valence-electron chi connectivity index (χ3n) is 3.87. The van der Waals surface area contributed by atoms with Crippen molar-refractivity contribution in [2.75, 3.05) is 7.11 Å². The van der Waals surface area contributed by atoms with Gasteiger partial charge >= 0.3 is 0 Å². The Morgan fingerprint density at radius 3 is 2.57 bits per heavy atom. The molecule has 1 fully saturated rings. The summed E-state index contributed by atoms with van der Waals surface area (Å²) < 4.78 is 5.17. The quantitative estimate of drug-likeness (QED) is 0.909. The molecule has 0 bridgehead atoms.